The monoisotopic (exact) mass is 406 g/mol. The number of esters is 1. The van der Waals surface area contributed by atoms with Gasteiger partial charge in [-0.25, -0.2) is 9.78 Å². The summed E-state index contributed by atoms with van der Waals surface area (Å²) in [6, 6.07) is 10.6. The van der Waals surface area contributed by atoms with Gasteiger partial charge in [-0.15, -0.1) is 0 Å². The number of piperazine rings is 1. The Morgan fingerprint density at radius 3 is 2.57 bits per heavy atom. The van der Waals surface area contributed by atoms with E-state index in [0.717, 1.165) is 5.82 Å². The van der Waals surface area contributed by atoms with Gasteiger partial charge in [0.25, 0.3) is 5.91 Å². The molecule has 1 aliphatic rings. The number of nitrogens with one attached hydrogen (secondary N) is 1. The number of hydrogen-bond acceptors (Lipinski definition) is 6. The molecule has 4 rings (SSSR count). The van der Waals surface area contributed by atoms with E-state index in [1.807, 2.05) is 17.0 Å². The Bertz CT molecular complexity index is 1130. The van der Waals surface area contributed by atoms with Crippen molar-refractivity contribution >= 4 is 28.6 Å². The SMILES string of the molecule is CCOC(=O)c1ccc(N2CCN(C(=O)c3c[nH]c4ccccc4c3=O)CC2)nc1. The second-order valence-corrected chi connectivity index (χ2v) is 6.98. The first-order chi connectivity index (χ1) is 14.6. The molecule has 1 aromatic carbocycles. The molecule has 3 aromatic rings. The summed E-state index contributed by atoms with van der Waals surface area (Å²) in [6.07, 6.45) is 2.99. The minimum absolute atomic E-state index is 0.152. The average molecular weight is 406 g/mol. The van der Waals surface area contributed by atoms with Gasteiger partial charge in [-0.1, -0.05) is 12.1 Å². The highest BCUT2D eigenvalue weighted by molar-refractivity contribution is 5.97. The molecule has 0 aliphatic carbocycles. The number of anilines is 1. The Balaban J connectivity index is 1.43. The van der Waals surface area contributed by atoms with E-state index in [2.05, 4.69) is 9.97 Å². The average Bonchev–Trinajstić information content (AvgIpc) is 2.79. The number of hydrogen-bond donors (Lipinski definition) is 1. The van der Waals surface area contributed by atoms with Crippen LogP contribution in [0.4, 0.5) is 5.82 Å². The molecule has 0 radical (unpaired) electrons. The number of nitrogens with zero attached hydrogens (tertiary/aromatic N) is 3. The molecule has 0 bridgehead atoms. The van der Waals surface area contributed by atoms with Crippen molar-refractivity contribution in [1.29, 1.82) is 0 Å². The molecule has 1 fully saturated rings. The first-order valence-electron chi connectivity index (χ1n) is 9.86. The second kappa shape index (κ2) is 8.36. The third-order valence-corrected chi connectivity index (χ3v) is 5.17. The molecule has 1 amide bonds. The van der Waals surface area contributed by atoms with E-state index in [9.17, 15) is 14.4 Å². The molecule has 1 saturated heterocycles. The summed E-state index contributed by atoms with van der Waals surface area (Å²) in [6.45, 7) is 4.20. The Kier molecular flexibility index (Phi) is 5.47. The predicted octanol–water partition coefficient (Wildman–Crippen LogP) is 2.06. The Hall–Kier alpha value is -3.68. The number of carbonyl (C=O) groups excluding carboxylic acids is 2. The molecule has 8 heteroatoms. The van der Waals surface area contributed by atoms with Crippen LogP contribution in [-0.2, 0) is 4.74 Å². The fourth-order valence-corrected chi connectivity index (χ4v) is 3.54. The van der Waals surface area contributed by atoms with Crippen molar-refractivity contribution in [2.75, 3.05) is 37.7 Å². The van der Waals surface area contributed by atoms with E-state index >= 15 is 0 Å². The number of ether oxygens (including phenoxy) is 1. The highest BCUT2D eigenvalue weighted by Gasteiger charge is 2.25. The molecular weight excluding hydrogens is 384 g/mol. The summed E-state index contributed by atoms with van der Waals surface area (Å²) < 4.78 is 4.97. The summed E-state index contributed by atoms with van der Waals surface area (Å²) in [5, 5.41) is 0.507. The van der Waals surface area contributed by atoms with Crippen molar-refractivity contribution in [3.05, 3.63) is 70.1 Å². The van der Waals surface area contributed by atoms with Gasteiger partial charge in [0.15, 0.2) is 0 Å². The maximum Gasteiger partial charge on any atom is 0.339 e. The number of fused-ring (bicyclic) bond motifs is 1. The van der Waals surface area contributed by atoms with Crippen molar-refractivity contribution in [1.82, 2.24) is 14.9 Å². The molecule has 3 heterocycles. The zero-order valence-corrected chi connectivity index (χ0v) is 16.6. The summed E-state index contributed by atoms with van der Waals surface area (Å²) in [5.74, 6) is 0.0681. The van der Waals surface area contributed by atoms with Crippen LogP contribution in [0.1, 0.15) is 27.6 Å². The van der Waals surface area contributed by atoms with Gasteiger partial charge in [0, 0.05) is 49.5 Å². The highest BCUT2D eigenvalue weighted by Crippen LogP contribution is 2.16. The number of aromatic amines is 1. The van der Waals surface area contributed by atoms with Crippen LogP contribution in [0.2, 0.25) is 0 Å². The van der Waals surface area contributed by atoms with E-state index in [-0.39, 0.29) is 16.9 Å². The van der Waals surface area contributed by atoms with Gasteiger partial charge in [-0.05, 0) is 31.2 Å². The third kappa shape index (κ3) is 3.76. The molecular formula is C22H22N4O4. The zero-order valence-electron chi connectivity index (χ0n) is 16.6. The molecule has 0 spiro atoms. The van der Waals surface area contributed by atoms with Crippen molar-refractivity contribution in [2.45, 2.75) is 6.92 Å². The van der Waals surface area contributed by atoms with Crippen LogP contribution in [0.25, 0.3) is 10.9 Å². The maximum absolute atomic E-state index is 12.9. The van der Waals surface area contributed by atoms with Crippen LogP contribution in [0.15, 0.2) is 53.6 Å². The molecule has 154 valence electrons. The second-order valence-electron chi connectivity index (χ2n) is 6.98. The normalized spacial score (nSPS) is 14.0. The van der Waals surface area contributed by atoms with Gasteiger partial charge in [0.05, 0.1) is 12.2 Å². The molecule has 2 aromatic heterocycles. The van der Waals surface area contributed by atoms with Gasteiger partial charge in [0.2, 0.25) is 5.43 Å². The molecule has 30 heavy (non-hydrogen) atoms. The lowest BCUT2D eigenvalue weighted by Crippen LogP contribution is -2.49. The number of aromatic nitrogens is 2. The lowest BCUT2D eigenvalue weighted by atomic mass is 10.1. The number of benzene rings is 1. The van der Waals surface area contributed by atoms with E-state index < -0.39 is 5.97 Å². The zero-order chi connectivity index (χ0) is 21.1. The largest absolute Gasteiger partial charge is 0.462 e. The number of para-hydroxylation sites is 1. The first kappa shape index (κ1) is 19.6. The standard InChI is InChI=1S/C22H22N4O4/c1-2-30-22(29)15-7-8-19(24-13-15)25-9-11-26(12-10-25)21(28)17-14-23-18-6-4-3-5-16(18)20(17)27/h3-8,13-14H,2,9-12H2,1H3,(H,23,27). The van der Waals surface area contributed by atoms with Crippen LogP contribution >= 0.6 is 0 Å². The Morgan fingerprint density at radius 2 is 1.87 bits per heavy atom. The summed E-state index contributed by atoms with van der Waals surface area (Å²) in [7, 11) is 0. The van der Waals surface area contributed by atoms with Crippen molar-refractivity contribution in [2.24, 2.45) is 0 Å². The Labute approximate surface area is 173 Å². The van der Waals surface area contributed by atoms with E-state index in [0.29, 0.717) is 49.3 Å². The Morgan fingerprint density at radius 1 is 1.10 bits per heavy atom. The minimum Gasteiger partial charge on any atom is -0.462 e. The fraction of sp³-hybridized carbons (Fsp3) is 0.273. The third-order valence-electron chi connectivity index (χ3n) is 5.17. The number of pyridine rings is 2. The number of H-pyrrole nitrogens is 1. The highest BCUT2D eigenvalue weighted by atomic mass is 16.5. The van der Waals surface area contributed by atoms with Gasteiger partial charge in [-0.3, -0.25) is 9.59 Å². The van der Waals surface area contributed by atoms with Crippen LogP contribution < -0.4 is 10.3 Å². The first-order valence-corrected chi connectivity index (χ1v) is 9.86. The van der Waals surface area contributed by atoms with E-state index in [1.165, 1.54) is 12.4 Å². The molecule has 0 unspecified atom stereocenters. The lowest BCUT2D eigenvalue weighted by Gasteiger charge is -2.35. The van der Waals surface area contributed by atoms with Crippen molar-refractivity contribution in [3.63, 3.8) is 0 Å². The minimum atomic E-state index is -0.396. The molecule has 8 nitrogen and oxygen atoms in total. The van der Waals surface area contributed by atoms with Gasteiger partial charge in [0.1, 0.15) is 11.4 Å². The number of rotatable bonds is 4. The van der Waals surface area contributed by atoms with Gasteiger partial charge >= 0.3 is 5.97 Å². The number of amides is 1. The summed E-state index contributed by atoms with van der Waals surface area (Å²) in [4.78, 5) is 48.5. The van der Waals surface area contributed by atoms with Crippen LogP contribution in [-0.4, -0.2) is 59.5 Å². The quantitative estimate of drug-likeness (QED) is 0.667. The molecule has 1 aliphatic heterocycles. The smallest absolute Gasteiger partial charge is 0.339 e. The summed E-state index contributed by atoms with van der Waals surface area (Å²) >= 11 is 0. The number of carbonyl (C=O) groups is 2. The van der Waals surface area contributed by atoms with Crippen LogP contribution in [0, 0.1) is 0 Å². The lowest BCUT2D eigenvalue weighted by molar-refractivity contribution is 0.0525. The van der Waals surface area contributed by atoms with E-state index in [4.69, 9.17) is 4.74 Å². The van der Waals surface area contributed by atoms with E-state index in [1.54, 1.807) is 36.1 Å². The van der Waals surface area contributed by atoms with Crippen molar-refractivity contribution < 1.29 is 14.3 Å². The van der Waals surface area contributed by atoms with Crippen molar-refractivity contribution in [3.8, 4) is 0 Å². The van der Waals surface area contributed by atoms with Gasteiger partial charge in [-0.2, -0.15) is 0 Å². The summed E-state index contributed by atoms with van der Waals surface area (Å²) in [5.41, 5.74) is 1.01. The topological polar surface area (TPSA) is 95.6 Å². The van der Waals surface area contributed by atoms with Gasteiger partial charge < -0.3 is 19.5 Å². The fourth-order valence-electron chi connectivity index (χ4n) is 3.54. The molecule has 0 atom stereocenters. The molecule has 0 saturated carbocycles. The maximum atomic E-state index is 12.9. The van der Waals surface area contributed by atoms with Crippen LogP contribution in [0.5, 0.6) is 0 Å². The molecule has 1 N–H and O–H groups in total. The predicted molar refractivity (Wildman–Crippen MR) is 113 cm³/mol. The van der Waals surface area contributed by atoms with Crippen LogP contribution in [0.3, 0.4) is 0 Å².